The van der Waals surface area contributed by atoms with Crippen molar-refractivity contribution in [1.29, 1.82) is 0 Å². The molecule has 4 heteroatoms. The molecule has 0 radical (unpaired) electrons. The second kappa shape index (κ2) is 5.29. The number of rotatable bonds is 2. The fourth-order valence-corrected chi connectivity index (χ4v) is 2.80. The molecule has 1 unspecified atom stereocenters. The number of likely N-dealkylation sites (N-methyl/N-ethyl adjacent to an activating group) is 1. The number of hydrogen-bond acceptors (Lipinski definition) is 3. The van der Waals surface area contributed by atoms with Crippen molar-refractivity contribution < 1.29 is 4.79 Å². The second-order valence-electron chi connectivity index (χ2n) is 5.02. The highest BCUT2D eigenvalue weighted by molar-refractivity contribution is 6.34. The van der Waals surface area contributed by atoms with E-state index in [1.807, 2.05) is 18.2 Å². The van der Waals surface area contributed by atoms with Crippen LogP contribution in [0, 0.1) is 0 Å². The molecule has 1 aromatic carbocycles. The minimum absolute atomic E-state index is 0.0120. The molecule has 0 bridgehead atoms. The predicted octanol–water partition coefficient (Wildman–Crippen LogP) is 2.68. The van der Waals surface area contributed by atoms with Crippen molar-refractivity contribution in [3.05, 3.63) is 28.8 Å². The van der Waals surface area contributed by atoms with Gasteiger partial charge in [0.25, 0.3) is 0 Å². The second-order valence-corrected chi connectivity index (χ2v) is 5.43. The minimum atomic E-state index is 0.0120. The Hall–Kier alpha value is -1.06. The number of carbonyl (C=O) groups excluding carboxylic acids is 1. The van der Waals surface area contributed by atoms with Gasteiger partial charge in [-0.2, -0.15) is 0 Å². The fraction of sp³-hybridized carbons (Fsp3) is 0.500. The summed E-state index contributed by atoms with van der Waals surface area (Å²) in [5, 5.41) is 0.547. The van der Waals surface area contributed by atoms with Gasteiger partial charge in [0.2, 0.25) is 0 Å². The van der Waals surface area contributed by atoms with Crippen LogP contribution in [-0.4, -0.2) is 43.4 Å². The van der Waals surface area contributed by atoms with E-state index in [4.69, 9.17) is 11.6 Å². The monoisotopic (exact) mass is 266 g/mol. The molecular weight excluding hydrogens is 248 g/mol. The van der Waals surface area contributed by atoms with Crippen molar-refractivity contribution in [1.82, 2.24) is 4.90 Å². The molecule has 1 aromatic rings. The maximum absolute atomic E-state index is 11.4. The molecule has 0 aromatic heterocycles. The summed E-state index contributed by atoms with van der Waals surface area (Å²) >= 11 is 6.16. The van der Waals surface area contributed by atoms with Crippen LogP contribution in [0.1, 0.15) is 24.2 Å². The number of ketones is 1. The Morgan fingerprint density at radius 1 is 1.39 bits per heavy atom. The summed E-state index contributed by atoms with van der Waals surface area (Å²) in [6, 6.07) is 6.18. The topological polar surface area (TPSA) is 23.6 Å². The molecule has 1 aliphatic rings. The van der Waals surface area contributed by atoms with Crippen LogP contribution in [0.5, 0.6) is 0 Å². The molecule has 0 spiro atoms. The lowest BCUT2D eigenvalue weighted by molar-refractivity contribution is 0.101. The smallest absolute Gasteiger partial charge is 0.161 e. The third-order valence-electron chi connectivity index (χ3n) is 3.49. The van der Waals surface area contributed by atoms with Gasteiger partial charge < -0.3 is 9.80 Å². The predicted molar refractivity (Wildman–Crippen MR) is 75.8 cm³/mol. The Bertz CT molecular complexity index is 461. The quantitative estimate of drug-likeness (QED) is 0.769. The van der Waals surface area contributed by atoms with Crippen LogP contribution < -0.4 is 4.90 Å². The molecule has 1 fully saturated rings. The number of benzene rings is 1. The van der Waals surface area contributed by atoms with Gasteiger partial charge in [0, 0.05) is 36.9 Å². The van der Waals surface area contributed by atoms with E-state index in [1.165, 1.54) is 0 Å². The van der Waals surface area contributed by atoms with Crippen LogP contribution in [0.25, 0.3) is 0 Å². The number of piperazine rings is 1. The number of halogens is 1. The number of hydrogen-bond donors (Lipinski definition) is 0. The third kappa shape index (κ3) is 2.68. The summed E-state index contributed by atoms with van der Waals surface area (Å²) in [5.74, 6) is 0.0120. The highest BCUT2D eigenvalue weighted by Gasteiger charge is 2.22. The maximum Gasteiger partial charge on any atom is 0.161 e. The largest absolute Gasteiger partial charge is 0.366 e. The summed E-state index contributed by atoms with van der Waals surface area (Å²) in [6.07, 6.45) is 0. The van der Waals surface area contributed by atoms with Crippen LogP contribution in [0.2, 0.25) is 5.02 Å². The first-order chi connectivity index (χ1) is 8.49. The molecule has 0 saturated carbocycles. The molecule has 3 nitrogen and oxygen atoms in total. The number of carbonyl (C=O) groups is 1. The zero-order valence-corrected chi connectivity index (χ0v) is 11.9. The highest BCUT2D eigenvalue weighted by Crippen LogP contribution is 2.26. The first kappa shape index (κ1) is 13.4. The van der Waals surface area contributed by atoms with E-state index in [-0.39, 0.29) is 5.78 Å². The van der Waals surface area contributed by atoms with Gasteiger partial charge in [0.1, 0.15) is 0 Å². The zero-order valence-electron chi connectivity index (χ0n) is 11.1. The SMILES string of the molecule is CC(=O)c1ccc(N2CCN(C)CC2C)cc1Cl. The van der Waals surface area contributed by atoms with Crippen LogP contribution in [-0.2, 0) is 0 Å². The van der Waals surface area contributed by atoms with E-state index in [9.17, 15) is 4.79 Å². The van der Waals surface area contributed by atoms with Crippen LogP contribution >= 0.6 is 11.6 Å². The summed E-state index contributed by atoms with van der Waals surface area (Å²) in [4.78, 5) is 16.0. The highest BCUT2D eigenvalue weighted by atomic mass is 35.5. The first-order valence-electron chi connectivity index (χ1n) is 6.24. The Morgan fingerprint density at radius 3 is 2.67 bits per heavy atom. The number of anilines is 1. The van der Waals surface area contributed by atoms with Gasteiger partial charge in [-0.05, 0) is 39.1 Å². The van der Waals surface area contributed by atoms with E-state index in [0.717, 1.165) is 25.3 Å². The van der Waals surface area contributed by atoms with E-state index in [0.29, 0.717) is 16.6 Å². The molecule has 2 rings (SSSR count). The summed E-state index contributed by atoms with van der Waals surface area (Å²) in [6.45, 7) is 6.84. The van der Waals surface area contributed by atoms with Gasteiger partial charge in [-0.1, -0.05) is 11.6 Å². The Kier molecular flexibility index (Phi) is 3.93. The first-order valence-corrected chi connectivity index (χ1v) is 6.62. The van der Waals surface area contributed by atoms with Gasteiger partial charge in [-0.15, -0.1) is 0 Å². The van der Waals surface area contributed by atoms with Gasteiger partial charge >= 0.3 is 0 Å². The normalized spacial score (nSPS) is 21.1. The lowest BCUT2D eigenvalue weighted by Crippen LogP contribution is -2.50. The average Bonchev–Trinajstić information content (AvgIpc) is 2.28. The van der Waals surface area contributed by atoms with Gasteiger partial charge in [0.05, 0.1) is 5.02 Å². The Morgan fingerprint density at radius 2 is 2.11 bits per heavy atom. The Labute approximate surface area is 113 Å². The molecule has 18 heavy (non-hydrogen) atoms. The lowest BCUT2D eigenvalue weighted by Gasteiger charge is -2.40. The zero-order chi connectivity index (χ0) is 13.3. The molecule has 0 amide bonds. The van der Waals surface area contributed by atoms with E-state index in [1.54, 1.807) is 6.92 Å². The molecule has 0 aliphatic carbocycles. The molecule has 1 atom stereocenters. The summed E-state index contributed by atoms with van der Waals surface area (Å²) < 4.78 is 0. The standard InChI is InChI=1S/C14H19ClN2O/c1-10-9-16(3)6-7-17(10)12-4-5-13(11(2)18)14(15)8-12/h4-5,8,10H,6-7,9H2,1-3H3. The van der Waals surface area contributed by atoms with E-state index < -0.39 is 0 Å². The molecule has 1 heterocycles. The lowest BCUT2D eigenvalue weighted by atomic mass is 10.1. The van der Waals surface area contributed by atoms with Crippen molar-refractivity contribution in [3.63, 3.8) is 0 Å². The van der Waals surface area contributed by atoms with Gasteiger partial charge in [-0.25, -0.2) is 0 Å². The maximum atomic E-state index is 11.4. The van der Waals surface area contributed by atoms with Gasteiger partial charge in [-0.3, -0.25) is 4.79 Å². The van der Waals surface area contributed by atoms with Crippen molar-refractivity contribution >= 4 is 23.1 Å². The van der Waals surface area contributed by atoms with E-state index in [2.05, 4.69) is 23.8 Å². The van der Waals surface area contributed by atoms with Crippen LogP contribution in [0.15, 0.2) is 18.2 Å². The molecule has 98 valence electrons. The molecule has 0 N–H and O–H groups in total. The average molecular weight is 267 g/mol. The molecular formula is C14H19ClN2O. The van der Waals surface area contributed by atoms with Crippen LogP contribution in [0.4, 0.5) is 5.69 Å². The molecule has 1 saturated heterocycles. The third-order valence-corrected chi connectivity index (χ3v) is 3.81. The minimum Gasteiger partial charge on any atom is -0.366 e. The van der Waals surface area contributed by atoms with Gasteiger partial charge in [0.15, 0.2) is 5.78 Å². The number of Topliss-reactive ketones (excluding diaryl/α,β-unsaturated/α-hetero) is 1. The van der Waals surface area contributed by atoms with Crippen molar-refractivity contribution in [2.75, 3.05) is 31.6 Å². The Balaban J connectivity index is 2.24. The van der Waals surface area contributed by atoms with Crippen molar-refractivity contribution in [2.24, 2.45) is 0 Å². The van der Waals surface area contributed by atoms with E-state index >= 15 is 0 Å². The van der Waals surface area contributed by atoms with Crippen LogP contribution in [0.3, 0.4) is 0 Å². The van der Waals surface area contributed by atoms with Crippen molar-refractivity contribution in [2.45, 2.75) is 19.9 Å². The summed E-state index contributed by atoms with van der Waals surface area (Å²) in [5.41, 5.74) is 1.70. The molecule has 1 aliphatic heterocycles. The summed E-state index contributed by atoms with van der Waals surface area (Å²) in [7, 11) is 2.14. The fourth-order valence-electron chi connectivity index (χ4n) is 2.49. The van der Waals surface area contributed by atoms with Crippen molar-refractivity contribution in [3.8, 4) is 0 Å². The number of nitrogens with zero attached hydrogens (tertiary/aromatic N) is 2.